The number of aliphatic hydroxyl groups is 2. The maximum atomic E-state index is 9.33. The molecule has 0 aliphatic carbocycles. The van der Waals surface area contributed by atoms with E-state index in [0.717, 1.165) is 6.54 Å². The Morgan fingerprint density at radius 3 is 2.06 bits per heavy atom. The zero-order valence-electron chi connectivity index (χ0n) is 10.4. The molecule has 0 spiro atoms. The molecular formula is C11H23NO5. The Kier molecular flexibility index (Phi) is 7.67. The van der Waals surface area contributed by atoms with Gasteiger partial charge in [0.15, 0.2) is 0 Å². The van der Waals surface area contributed by atoms with Crippen molar-refractivity contribution in [3.05, 3.63) is 0 Å². The largest absolute Gasteiger partial charge is 0.389 e. The fraction of sp³-hybridized carbons (Fsp3) is 1.00. The van der Waals surface area contributed by atoms with Crippen LogP contribution in [0, 0.1) is 0 Å². The molecular weight excluding hydrogens is 226 g/mol. The van der Waals surface area contributed by atoms with Gasteiger partial charge < -0.3 is 24.4 Å². The molecule has 0 bridgehead atoms. The first kappa shape index (κ1) is 14.8. The lowest BCUT2D eigenvalue weighted by atomic mass is 10.3. The molecule has 0 saturated carbocycles. The number of hydrogen-bond donors (Lipinski definition) is 2. The highest BCUT2D eigenvalue weighted by Crippen LogP contribution is 2.08. The van der Waals surface area contributed by atoms with Crippen molar-refractivity contribution in [1.82, 2.24) is 4.90 Å². The topological polar surface area (TPSA) is 71.4 Å². The second-order valence-corrected chi connectivity index (χ2v) is 4.11. The summed E-state index contributed by atoms with van der Waals surface area (Å²) in [7, 11) is 1.64. The summed E-state index contributed by atoms with van der Waals surface area (Å²) >= 11 is 0. The van der Waals surface area contributed by atoms with Gasteiger partial charge in [0.1, 0.15) is 0 Å². The Hall–Kier alpha value is -0.240. The van der Waals surface area contributed by atoms with Crippen molar-refractivity contribution in [1.29, 1.82) is 0 Å². The summed E-state index contributed by atoms with van der Waals surface area (Å²) in [6.45, 7) is 4.67. The van der Waals surface area contributed by atoms with Crippen LogP contribution in [0.3, 0.4) is 0 Å². The van der Waals surface area contributed by atoms with E-state index in [1.165, 1.54) is 0 Å². The van der Waals surface area contributed by atoms with Crippen LogP contribution in [-0.4, -0.2) is 87.1 Å². The van der Waals surface area contributed by atoms with Crippen molar-refractivity contribution < 1.29 is 24.4 Å². The second-order valence-electron chi connectivity index (χ2n) is 4.11. The molecule has 1 heterocycles. The van der Waals surface area contributed by atoms with E-state index in [9.17, 15) is 10.2 Å². The fourth-order valence-electron chi connectivity index (χ4n) is 1.69. The van der Waals surface area contributed by atoms with Gasteiger partial charge in [-0.05, 0) is 0 Å². The highest BCUT2D eigenvalue weighted by Gasteiger charge is 2.28. The van der Waals surface area contributed by atoms with Gasteiger partial charge in [-0.15, -0.1) is 0 Å². The van der Waals surface area contributed by atoms with E-state index >= 15 is 0 Å². The molecule has 2 unspecified atom stereocenters. The highest BCUT2D eigenvalue weighted by molar-refractivity contribution is 4.82. The third-order valence-electron chi connectivity index (χ3n) is 2.69. The van der Waals surface area contributed by atoms with Crippen molar-refractivity contribution in [2.45, 2.75) is 12.2 Å². The smallest absolute Gasteiger partial charge is 0.0938 e. The van der Waals surface area contributed by atoms with Crippen molar-refractivity contribution in [3.63, 3.8) is 0 Å². The molecule has 1 saturated heterocycles. The molecule has 1 fully saturated rings. The van der Waals surface area contributed by atoms with Gasteiger partial charge in [-0.25, -0.2) is 0 Å². The van der Waals surface area contributed by atoms with Crippen LogP contribution in [0.2, 0.25) is 0 Å². The van der Waals surface area contributed by atoms with Crippen molar-refractivity contribution in [2.24, 2.45) is 0 Å². The Labute approximate surface area is 102 Å². The van der Waals surface area contributed by atoms with Crippen molar-refractivity contribution in [3.8, 4) is 0 Å². The monoisotopic (exact) mass is 249 g/mol. The van der Waals surface area contributed by atoms with Crippen LogP contribution in [0.4, 0.5) is 0 Å². The van der Waals surface area contributed by atoms with E-state index in [1.807, 2.05) is 4.90 Å². The number of hydrogen-bond acceptors (Lipinski definition) is 6. The molecule has 6 nitrogen and oxygen atoms in total. The third-order valence-corrected chi connectivity index (χ3v) is 2.69. The molecule has 6 heteroatoms. The lowest BCUT2D eigenvalue weighted by molar-refractivity contribution is 0.0200. The number of ether oxygens (including phenoxy) is 3. The molecule has 1 aliphatic heterocycles. The summed E-state index contributed by atoms with van der Waals surface area (Å²) in [5.41, 5.74) is 0. The lowest BCUT2D eigenvalue weighted by Crippen LogP contribution is -2.26. The minimum absolute atomic E-state index is 0.523. The zero-order chi connectivity index (χ0) is 12.5. The van der Waals surface area contributed by atoms with Crippen LogP contribution < -0.4 is 0 Å². The van der Waals surface area contributed by atoms with Gasteiger partial charge in [0.05, 0.1) is 45.2 Å². The van der Waals surface area contributed by atoms with Crippen LogP contribution in [0.1, 0.15) is 0 Å². The Morgan fingerprint density at radius 1 is 0.941 bits per heavy atom. The summed E-state index contributed by atoms with van der Waals surface area (Å²) in [4.78, 5) is 1.99. The first-order valence-electron chi connectivity index (χ1n) is 5.97. The summed E-state index contributed by atoms with van der Waals surface area (Å²) in [5, 5.41) is 18.7. The van der Waals surface area contributed by atoms with Gasteiger partial charge in [-0.1, -0.05) is 0 Å². The number of likely N-dealkylation sites (tertiary alicyclic amines) is 1. The molecule has 0 radical (unpaired) electrons. The fourth-order valence-corrected chi connectivity index (χ4v) is 1.69. The molecule has 17 heavy (non-hydrogen) atoms. The van der Waals surface area contributed by atoms with Crippen LogP contribution in [0.15, 0.2) is 0 Å². The van der Waals surface area contributed by atoms with Gasteiger partial charge in [0.25, 0.3) is 0 Å². The molecule has 2 atom stereocenters. The summed E-state index contributed by atoms with van der Waals surface area (Å²) in [6, 6.07) is 0. The molecule has 1 rings (SSSR count). The second kappa shape index (κ2) is 8.79. The van der Waals surface area contributed by atoms with E-state index in [4.69, 9.17) is 14.2 Å². The van der Waals surface area contributed by atoms with Gasteiger partial charge >= 0.3 is 0 Å². The normalized spacial score (nSPS) is 25.6. The van der Waals surface area contributed by atoms with Gasteiger partial charge in [0, 0.05) is 26.7 Å². The maximum Gasteiger partial charge on any atom is 0.0938 e. The molecule has 1 aliphatic rings. The Balaban J connectivity index is 1.85. The number of rotatable bonds is 9. The van der Waals surface area contributed by atoms with Gasteiger partial charge in [0.2, 0.25) is 0 Å². The van der Waals surface area contributed by atoms with Crippen LogP contribution in [-0.2, 0) is 14.2 Å². The van der Waals surface area contributed by atoms with Crippen molar-refractivity contribution >= 4 is 0 Å². The van der Waals surface area contributed by atoms with E-state index in [2.05, 4.69) is 0 Å². The molecule has 2 N–H and O–H groups in total. The number of aliphatic hydroxyl groups excluding tert-OH is 2. The van der Waals surface area contributed by atoms with Gasteiger partial charge in [-0.3, -0.25) is 4.90 Å². The van der Waals surface area contributed by atoms with Crippen molar-refractivity contribution in [2.75, 3.05) is 59.8 Å². The van der Waals surface area contributed by atoms with Crippen LogP contribution in [0.5, 0.6) is 0 Å². The molecule has 0 amide bonds. The number of methoxy groups -OCH3 is 1. The van der Waals surface area contributed by atoms with E-state index < -0.39 is 12.2 Å². The Bertz CT molecular complexity index is 183. The van der Waals surface area contributed by atoms with E-state index in [0.29, 0.717) is 46.1 Å². The first-order chi connectivity index (χ1) is 8.24. The molecule has 0 aromatic heterocycles. The molecule has 0 aromatic rings. The quantitative estimate of drug-likeness (QED) is 0.495. The third kappa shape index (κ3) is 6.30. The predicted molar refractivity (Wildman–Crippen MR) is 62.0 cm³/mol. The minimum Gasteiger partial charge on any atom is -0.389 e. The summed E-state index contributed by atoms with van der Waals surface area (Å²) in [6.07, 6.45) is -1.24. The summed E-state index contributed by atoms with van der Waals surface area (Å²) < 4.78 is 15.4. The number of β-amino-alcohol motifs (C(OH)–C–C–N with tert-alkyl or cyclic N) is 2. The molecule has 102 valence electrons. The standard InChI is InChI=1S/C11H23NO5/c1-15-4-5-17-7-6-16-3-2-12-8-10(13)11(14)9-12/h10-11,13-14H,2-9H2,1H3. The lowest BCUT2D eigenvalue weighted by Gasteiger charge is -2.14. The molecule has 0 aromatic carbocycles. The number of nitrogens with zero attached hydrogens (tertiary/aromatic N) is 1. The Morgan fingerprint density at radius 2 is 1.47 bits per heavy atom. The SMILES string of the molecule is COCCOCCOCCN1CC(O)C(O)C1. The average Bonchev–Trinajstić information content (AvgIpc) is 2.62. The average molecular weight is 249 g/mol. The van der Waals surface area contributed by atoms with E-state index in [-0.39, 0.29) is 0 Å². The van der Waals surface area contributed by atoms with Gasteiger partial charge in [-0.2, -0.15) is 0 Å². The van der Waals surface area contributed by atoms with Crippen LogP contribution >= 0.6 is 0 Å². The van der Waals surface area contributed by atoms with E-state index in [1.54, 1.807) is 7.11 Å². The van der Waals surface area contributed by atoms with Crippen LogP contribution in [0.25, 0.3) is 0 Å². The maximum absolute atomic E-state index is 9.33. The zero-order valence-corrected chi connectivity index (χ0v) is 10.4. The minimum atomic E-state index is -0.618. The summed E-state index contributed by atoms with van der Waals surface area (Å²) in [5.74, 6) is 0. The predicted octanol–water partition coefficient (Wildman–Crippen LogP) is -1.30. The highest BCUT2D eigenvalue weighted by atomic mass is 16.5. The first-order valence-corrected chi connectivity index (χ1v) is 5.97.